The summed E-state index contributed by atoms with van der Waals surface area (Å²) in [6, 6.07) is 16.8. The summed E-state index contributed by atoms with van der Waals surface area (Å²) in [5.74, 6) is 1.71. The van der Waals surface area contributed by atoms with Gasteiger partial charge in [-0.25, -0.2) is 0 Å². The zero-order chi connectivity index (χ0) is 20.6. The number of carbonyl (C=O) groups excluding carboxylic acids is 1. The Bertz CT molecular complexity index is 790. The molecule has 5 nitrogen and oxygen atoms in total. The summed E-state index contributed by atoms with van der Waals surface area (Å²) in [6.45, 7) is 3.16. The summed E-state index contributed by atoms with van der Waals surface area (Å²) < 4.78 is 10.9. The first-order valence-electron chi connectivity index (χ1n) is 10.4. The van der Waals surface area contributed by atoms with Gasteiger partial charge in [0.15, 0.2) is 0 Å². The Morgan fingerprint density at radius 3 is 2.55 bits per heavy atom. The minimum atomic E-state index is 0.0827. The predicted molar refractivity (Wildman–Crippen MR) is 115 cm³/mol. The van der Waals surface area contributed by atoms with Gasteiger partial charge in [0.1, 0.15) is 11.5 Å². The average molecular weight is 397 g/mol. The maximum atomic E-state index is 12.7. The molecule has 0 aliphatic heterocycles. The first-order valence-corrected chi connectivity index (χ1v) is 10.4. The van der Waals surface area contributed by atoms with E-state index in [0.717, 1.165) is 42.7 Å². The molecule has 1 fully saturated rings. The van der Waals surface area contributed by atoms with Crippen LogP contribution in [0.4, 0.5) is 0 Å². The van der Waals surface area contributed by atoms with Crippen LogP contribution >= 0.6 is 0 Å². The van der Waals surface area contributed by atoms with Gasteiger partial charge in [-0.1, -0.05) is 30.3 Å². The maximum Gasteiger partial charge on any atom is 0.234 e. The van der Waals surface area contributed by atoms with E-state index in [9.17, 15) is 4.79 Å². The lowest BCUT2D eigenvalue weighted by Crippen LogP contribution is -2.41. The summed E-state index contributed by atoms with van der Waals surface area (Å²) in [5.41, 5.74) is 2.35. The molecule has 0 bridgehead atoms. The molecule has 2 aromatic rings. The fourth-order valence-electron chi connectivity index (χ4n) is 3.58. The number of rotatable bonds is 11. The minimum Gasteiger partial charge on any atom is -0.497 e. The Labute approximate surface area is 174 Å². The molecule has 2 aromatic carbocycles. The second-order valence-corrected chi connectivity index (χ2v) is 7.81. The zero-order valence-electron chi connectivity index (χ0n) is 17.7. The molecule has 29 heavy (non-hydrogen) atoms. The van der Waals surface area contributed by atoms with Crippen LogP contribution in [0.15, 0.2) is 48.5 Å². The van der Waals surface area contributed by atoms with E-state index in [1.165, 1.54) is 5.56 Å². The molecule has 0 radical (unpaired) electrons. The third-order valence-corrected chi connectivity index (χ3v) is 5.39. The van der Waals surface area contributed by atoms with Crippen LogP contribution in [0.5, 0.6) is 11.5 Å². The standard InChI is InChI=1S/C24H32N2O3/c1-18(9-10-19-7-5-4-6-8-19)25-24(27)17-26(21-11-12-21)16-20-15-22(28-2)13-14-23(20)29-3/h4-8,13-15,18,21H,9-12,16-17H2,1-3H3,(H,25,27). The molecule has 1 N–H and O–H groups in total. The molecule has 0 saturated heterocycles. The number of hydrogen-bond acceptors (Lipinski definition) is 4. The number of nitrogens with zero attached hydrogens (tertiary/aromatic N) is 1. The molecular weight excluding hydrogens is 364 g/mol. The normalized spacial score (nSPS) is 14.5. The molecular formula is C24H32N2O3. The van der Waals surface area contributed by atoms with Gasteiger partial charge in [0.2, 0.25) is 5.91 Å². The van der Waals surface area contributed by atoms with Crippen LogP contribution in [-0.2, 0) is 17.8 Å². The van der Waals surface area contributed by atoms with Crippen LogP contribution < -0.4 is 14.8 Å². The zero-order valence-corrected chi connectivity index (χ0v) is 17.7. The van der Waals surface area contributed by atoms with Crippen molar-refractivity contribution in [2.24, 2.45) is 0 Å². The van der Waals surface area contributed by atoms with E-state index in [1.54, 1.807) is 14.2 Å². The summed E-state index contributed by atoms with van der Waals surface area (Å²) in [5, 5.41) is 3.16. The minimum absolute atomic E-state index is 0.0827. The van der Waals surface area contributed by atoms with Crippen LogP contribution in [0.2, 0.25) is 0 Å². The SMILES string of the molecule is COc1ccc(OC)c(CN(CC(=O)NC(C)CCc2ccccc2)C2CC2)c1. The van der Waals surface area contributed by atoms with E-state index in [4.69, 9.17) is 9.47 Å². The Hall–Kier alpha value is -2.53. The summed E-state index contributed by atoms with van der Waals surface area (Å²) in [4.78, 5) is 14.9. The second-order valence-electron chi connectivity index (χ2n) is 7.81. The van der Waals surface area contributed by atoms with Crippen molar-refractivity contribution in [3.8, 4) is 11.5 Å². The van der Waals surface area contributed by atoms with Crippen LogP contribution in [-0.4, -0.2) is 43.7 Å². The largest absolute Gasteiger partial charge is 0.497 e. The quantitative estimate of drug-likeness (QED) is 0.628. The van der Waals surface area contributed by atoms with Crippen molar-refractivity contribution >= 4 is 5.91 Å². The van der Waals surface area contributed by atoms with Crippen molar-refractivity contribution in [2.75, 3.05) is 20.8 Å². The number of carbonyl (C=O) groups is 1. The molecule has 1 unspecified atom stereocenters. The van der Waals surface area contributed by atoms with Crippen molar-refractivity contribution in [1.29, 1.82) is 0 Å². The predicted octanol–water partition coefficient (Wildman–Crippen LogP) is 3.81. The number of methoxy groups -OCH3 is 2. The van der Waals surface area contributed by atoms with Gasteiger partial charge < -0.3 is 14.8 Å². The highest BCUT2D eigenvalue weighted by atomic mass is 16.5. The number of aryl methyl sites for hydroxylation is 1. The van der Waals surface area contributed by atoms with E-state index in [0.29, 0.717) is 19.1 Å². The highest BCUT2D eigenvalue weighted by Gasteiger charge is 2.31. The lowest BCUT2D eigenvalue weighted by molar-refractivity contribution is -0.123. The number of nitrogens with one attached hydrogen (secondary N) is 1. The van der Waals surface area contributed by atoms with Gasteiger partial charge in [-0.3, -0.25) is 9.69 Å². The summed E-state index contributed by atoms with van der Waals surface area (Å²) in [6.07, 6.45) is 4.19. The molecule has 1 aliphatic rings. The molecule has 0 aromatic heterocycles. The van der Waals surface area contributed by atoms with Crippen molar-refractivity contribution in [2.45, 2.75) is 51.2 Å². The number of ether oxygens (including phenoxy) is 2. The highest BCUT2D eigenvalue weighted by molar-refractivity contribution is 5.78. The molecule has 1 aliphatic carbocycles. The van der Waals surface area contributed by atoms with Crippen molar-refractivity contribution in [3.05, 3.63) is 59.7 Å². The molecule has 1 amide bonds. The molecule has 0 heterocycles. The van der Waals surface area contributed by atoms with Gasteiger partial charge >= 0.3 is 0 Å². The molecule has 5 heteroatoms. The monoisotopic (exact) mass is 396 g/mol. The Morgan fingerprint density at radius 1 is 1.14 bits per heavy atom. The van der Waals surface area contributed by atoms with E-state index >= 15 is 0 Å². The molecule has 3 rings (SSSR count). The van der Waals surface area contributed by atoms with Crippen molar-refractivity contribution in [1.82, 2.24) is 10.2 Å². The van der Waals surface area contributed by atoms with Crippen LogP contribution in [0.3, 0.4) is 0 Å². The molecule has 1 saturated carbocycles. The Balaban J connectivity index is 1.54. The highest BCUT2D eigenvalue weighted by Crippen LogP contribution is 2.31. The number of amides is 1. The first-order chi connectivity index (χ1) is 14.1. The van der Waals surface area contributed by atoms with Crippen molar-refractivity contribution < 1.29 is 14.3 Å². The van der Waals surface area contributed by atoms with Gasteiger partial charge in [-0.15, -0.1) is 0 Å². The van der Waals surface area contributed by atoms with E-state index in [-0.39, 0.29) is 11.9 Å². The Morgan fingerprint density at radius 2 is 1.90 bits per heavy atom. The van der Waals surface area contributed by atoms with Crippen LogP contribution in [0.1, 0.15) is 37.3 Å². The second kappa shape index (κ2) is 10.3. The molecule has 156 valence electrons. The van der Waals surface area contributed by atoms with Gasteiger partial charge in [0.05, 0.1) is 20.8 Å². The van der Waals surface area contributed by atoms with Gasteiger partial charge in [0.25, 0.3) is 0 Å². The third kappa shape index (κ3) is 6.50. The third-order valence-electron chi connectivity index (χ3n) is 5.39. The first kappa shape index (κ1) is 21.2. The topological polar surface area (TPSA) is 50.8 Å². The fourth-order valence-corrected chi connectivity index (χ4v) is 3.58. The van der Waals surface area contributed by atoms with Crippen molar-refractivity contribution in [3.63, 3.8) is 0 Å². The van der Waals surface area contributed by atoms with Gasteiger partial charge in [0, 0.05) is 24.2 Å². The summed E-state index contributed by atoms with van der Waals surface area (Å²) in [7, 11) is 3.34. The van der Waals surface area contributed by atoms with Crippen LogP contribution in [0, 0.1) is 0 Å². The van der Waals surface area contributed by atoms with E-state index in [1.807, 2.05) is 24.3 Å². The average Bonchev–Trinajstić information content (AvgIpc) is 3.58. The van der Waals surface area contributed by atoms with Gasteiger partial charge in [-0.2, -0.15) is 0 Å². The van der Waals surface area contributed by atoms with E-state index in [2.05, 4.69) is 41.4 Å². The van der Waals surface area contributed by atoms with Crippen LogP contribution in [0.25, 0.3) is 0 Å². The summed E-state index contributed by atoms with van der Waals surface area (Å²) >= 11 is 0. The molecule has 1 atom stereocenters. The lowest BCUT2D eigenvalue weighted by atomic mass is 10.1. The van der Waals surface area contributed by atoms with E-state index < -0.39 is 0 Å². The Kier molecular flexibility index (Phi) is 7.53. The number of benzene rings is 2. The molecule has 0 spiro atoms. The lowest BCUT2D eigenvalue weighted by Gasteiger charge is -2.24. The number of hydrogen-bond donors (Lipinski definition) is 1. The fraction of sp³-hybridized carbons (Fsp3) is 0.458. The maximum absolute atomic E-state index is 12.7. The van der Waals surface area contributed by atoms with Gasteiger partial charge in [-0.05, 0) is 56.4 Å². The smallest absolute Gasteiger partial charge is 0.234 e.